The Morgan fingerprint density at radius 3 is 2.24 bits per heavy atom. The third kappa shape index (κ3) is 6.73. The molecule has 0 aromatic heterocycles. The van der Waals surface area contributed by atoms with Gasteiger partial charge in [-0.05, 0) is 49.7 Å². The topological polar surface area (TPSA) is 61.9 Å². The van der Waals surface area contributed by atoms with Gasteiger partial charge < -0.3 is 9.64 Å². The summed E-state index contributed by atoms with van der Waals surface area (Å²) in [6.45, 7) is 7.31. The van der Waals surface area contributed by atoms with Crippen molar-refractivity contribution in [1.82, 2.24) is 9.62 Å². The van der Waals surface area contributed by atoms with Gasteiger partial charge in [-0.3, -0.25) is 4.90 Å². The highest BCUT2D eigenvalue weighted by molar-refractivity contribution is 7.88. The van der Waals surface area contributed by atoms with Crippen LogP contribution < -0.4 is 14.4 Å². The molecule has 29 heavy (non-hydrogen) atoms. The number of rotatable bonds is 9. The number of methoxy groups -OCH3 is 1. The van der Waals surface area contributed by atoms with Gasteiger partial charge in [-0.1, -0.05) is 29.8 Å². The van der Waals surface area contributed by atoms with Gasteiger partial charge in [0, 0.05) is 38.4 Å². The van der Waals surface area contributed by atoms with Gasteiger partial charge in [-0.25, -0.2) is 13.1 Å². The van der Waals surface area contributed by atoms with Crippen molar-refractivity contribution in [3.8, 4) is 5.75 Å². The Hall–Kier alpha value is -2.09. The SMILES string of the molecule is COc1ccc(N2CCN(CCCNS(=O)(=O)Cc3ccc(C)cc3)CC2)cc1. The van der Waals surface area contributed by atoms with Crippen molar-refractivity contribution >= 4 is 15.7 Å². The second-order valence-electron chi connectivity index (χ2n) is 7.52. The Morgan fingerprint density at radius 2 is 1.62 bits per heavy atom. The first-order valence-corrected chi connectivity index (χ1v) is 11.7. The molecule has 0 unspecified atom stereocenters. The second kappa shape index (κ2) is 10.1. The number of piperazine rings is 1. The summed E-state index contributed by atoms with van der Waals surface area (Å²) in [5.41, 5.74) is 3.17. The maximum absolute atomic E-state index is 12.2. The van der Waals surface area contributed by atoms with Gasteiger partial charge in [0.1, 0.15) is 5.75 Å². The first kappa shape index (κ1) is 21.6. The molecule has 1 N–H and O–H groups in total. The molecule has 2 aromatic carbocycles. The van der Waals surface area contributed by atoms with E-state index in [1.165, 1.54) is 5.69 Å². The number of anilines is 1. The number of nitrogens with one attached hydrogen (secondary N) is 1. The zero-order valence-electron chi connectivity index (χ0n) is 17.3. The number of aryl methyl sites for hydroxylation is 1. The van der Waals surface area contributed by atoms with Crippen LogP contribution in [0.2, 0.25) is 0 Å². The highest BCUT2D eigenvalue weighted by atomic mass is 32.2. The molecule has 1 aliphatic heterocycles. The highest BCUT2D eigenvalue weighted by Crippen LogP contribution is 2.20. The molecule has 158 valence electrons. The average molecular weight is 418 g/mol. The molecule has 3 rings (SSSR count). The summed E-state index contributed by atoms with van der Waals surface area (Å²) in [6, 6.07) is 15.8. The van der Waals surface area contributed by atoms with Crippen LogP contribution >= 0.6 is 0 Å². The first-order chi connectivity index (χ1) is 13.9. The summed E-state index contributed by atoms with van der Waals surface area (Å²) >= 11 is 0. The molecule has 1 saturated heterocycles. The molecular formula is C22H31N3O3S. The lowest BCUT2D eigenvalue weighted by atomic mass is 10.2. The van der Waals surface area contributed by atoms with E-state index >= 15 is 0 Å². The largest absolute Gasteiger partial charge is 0.497 e. The van der Waals surface area contributed by atoms with Crippen molar-refractivity contribution < 1.29 is 13.2 Å². The first-order valence-electron chi connectivity index (χ1n) is 10.1. The molecular weight excluding hydrogens is 386 g/mol. The summed E-state index contributed by atoms with van der Waals surface area (Å²) in [7, 11) is -1.61. The van der Waals surface area contributed by atoms with Crippen molar-refractivity contribution in [1.29, 1.82) is 0 Å². The molecule has 2 aromatic rings. The number of sulfonamides is 1. The van der Waals surface area contributed by atoms with Crippen molar-refractivity contribution in [2.75, 3.05) is 51.3 Å². The molecule has 6 nitrogen and oxygen atoms in total. The number of benzene rings is 2. The Bertz CT molecular complexity index is 859. The smallest absolute Gasteiger partial charge is 0.215 e. The molecule has 7 heteroatoms. The van der Waals surface area contributed by atoms with E-state index in [9.17, 15) is 8.42 Å². The van der Waals surface area contributed by atoms with Crippen LogP contribution in [0.4, 0.5) is 5.69 Å². The van der Waals surface area contributed by atoms with E-state index in [0.717, 1.165) is 56.0 Å². The zero-order valence-corrected chi connectivity index (χ0v) is 18.1. The quantitative estimate of drug-likeness (QED) is 0.636. The minimum absolute atomic E-state index is 0.0355. The Kier molecular flexibility index (Phi) is 7.52. The van der Waals surface area contributed by atoms with Crippen LogP contribution in [0.5, 0.6) is 5.75 Å². The fourth-order valence-electron chi connectivity index (χ4n) is 3.51. The van der Waals surface area contributed by atoms with E-state index in [0.29, 0.717) is 6.54 Å². The minimum Gasteiger partial charge on any atom is -0.497 e. The monoisotopic (exact) mass is 417 g/mol. The maximum Gasteiger partial charge on any atom is 0.215 e. The van der Waals surface area contributed by atoms with Crippen molar-refractivity contribution in [3.63, 3.8) is 0 Å². The van der Waals surface area contributed by atoms with Crippen LogP contribution in [0.3, 0.4) is 0 Å². The van der Waals surface area contributed by atoms with Crippen LogP contribution in [0, 0.1) is 6.92 Å². The molecule has 1 aliphatic rings. The van der Waals surface area contributed by atoms with Crippen LogP contribution in [0.1, 0.15) is 17.5 Å². The van der Waals surface area contributed by atoms with Crippen LogP contribution in [-0.4, -0.2) is 59.7 Å². The average Bonchev–Trinajstić information content (AvgIpc) is 2.73. The summed E-state index contributed by atoms with van der Waals surface area (Å²) in [4.78, 5) is 4.77. The molecule has 0 radical (unpaired) electrons. The molecule has 0 spiro atoms. The molecule has 0 amide bonds. The summed E-state index contributed by atoms with van der Waals surface area (Å²) in [5.74, 6) is 0.908. The van der Waals surface area contributed by atoms with Gasteiger partial charge in [0.2, 0.25) is 10.0 Å². The molecule has 1 fully saturated rings. The van der Waals surface area contributed by atoms with E-state index < -0.39 is 10.0 Å². The lowest BCUT2D eigenvalue weighted by molar-refractivity contribution is 0.255. The molecule has 1 heterocycles. The minimum atomic E-state index is -3.29. The Balaban J connectivity index is 1.35. The lowest BCUT2D eigenvalue weighted by Crippen LogP contribution is -2.47. The summed E-state index contributed by atoms with van der Waals surface area (Å²) in [6.07, 6.45) is 0.815. The number of nitrogens with zero attached hydrogens (tertiary/aromatic N) is 2. The fourth-order valence-corrected chi connectivity index (χ4v) is 4.70. The Morgan fingerprint density at radius 1 is 0.966 bits per heavy atom. The van der Waals surface area contributed by atoms with E-state index in [-0.39, 0.29) is 5.75 Å². The van der Waals surface area contributed by atoms with Gasteiger partial charge in [0.15, 0.2) is 0 Å². The fraction of sp³-hybridized carbons (Fsp3) is 0.455. The van der Waals surface area contributed by atoms with E-state index in [1.807, 2.05) is 43.3 Å². The van der Waals surface area contributed by atoms with E-state index in [1.54, 1.807) is 7.11 Å². The van der Waals surface area contributed by atoms with Crippen LogP contribution in [0.25, 0.3) is 0 Å². The maximum atomic E-state index is 12.2. The third-order valence-corrected chi connectivity index (χ3v) is 6.62. The predicted molar refractivity (Wildman–Crippen MR) is 118 cm³/mol. The summed E-state index contributed by atoms with van der Waals surface area (Å²) in [5, 5.41) is 0. The van der Waals surface area contributed by atoms with E-state index in [4.69, 9.17) is 4.74 Å². The number of hydrogen-bond donors (Lipinski definition) is 1. The van der Waals surface area contributed by atoms with Gasteiger partial charge >= 0.3 is 0 Å². The van der Waals surface area contributed by atoms with E-state index in [2.05, 4.69) is 26.7 Å². The van der Waals surface area contributed by atoms with Crippen molar-refractivity contribution in [3.05, 3.63) is 59.7 Å². The molecule has 0 saturated carbocycles. The summed E-state index contributed by atoms with van der Waals surface area (Å²) < 4.78 is 32.4. The lowest BCUT2D eigenvalue weighted by Gasteiger charge is -2.36. The number of hydrogen-bond acceptors (Lipinski definition) is 5. The molecule has 0 aliphatic carbocycles. The van der Waals surface area contributed by atoms with Crippen molar-refractivity contribution in [2.45, 2.75) is 19.1 Å². The van der Waals surface area contributed by atoms with Gasteiger partial charge in [0.25, 0.3) is 0 Å². The molecule has 0 bridgehead atoms. The highest BCUT2D eigenvalue weighted by Gasteiger charge is 2.17. The third-order valence-electron chi connectivity index (χ3n) is 5.26. The van der Waals surface area contributed by atoms with Gasteiger partial charge in [0.05, 0.1) is 12.9 Å². The second-order valence-corrected chi connectivity index (χ2v) is 9.33. The molecule has 0 atom stereocenters. The standard InChI is InChI=1S/C22H31N3O3S/c1-19-4-6-20(7-5-19)18-29(26,27)23-12-3-13-24-14-16-25(17-15-24)21-8-10-22(28-2)11-9-21/h4-11,23H,3,12-18H2,1-2H3. The normalized spacial score (nSPS) is 15.4. The Labute approximate surface area is 174 Å². The van der Waals surface area contributed by atoms with Crippen molar-refractivity contribution in [2.24, 2.45) is 0 Å². The zero-order chi connectivity index (χ0) is 20.7. The predicted octanol–water partition coefficient (Wildman–Crippen LogP) is 2.64. The number of ether oxygens (including phenoxy) is 1. The van der Waals surface area contributed by atoms with Gasteiger partial charge in [-0.15, -0.1) is 0 Å². The van der Waals surface area contributed by atoms with Crippen LogP contribution in [0.15, 0.2) is 48.5 Å². The van der Waals surface area contributed by atoms with Gasteiger partial charge in [-0.2, -0.15) is 0 Å². The van der Waals surface area contributed by atoms with Crippen LogP contribution in [-0.2, 0) is 15.8 Å².